The first-order chi connectivity index (χ1) is 8.56. The van der Waals surface area contributed by atoms with Crippen LogP contribution in [0.1, 0.15) is 32.6 Å². The molecule has 1 aliphatic rings. The summed E-state index contributed by atoms with van der Waals surface area (Å²) in [4.78, 5) is 33.8. The van der Waals surface area contributed by atoms with Gasteiger partial charge < -0.3 is 15.2 Å². The Hall–Kier alpha value is -1.59. The molecule has 0 radical (unpaired) electrons. The third kappa shape index (κ3) is 4.01. The number of rotatable bonds is 6. The van der Waals surface area contributed by atoms with Crippen LogP contribution < -0.4 is 5.32 Å². The van der Waals surface area contributed by atoms with Crippen LogP contribution in [0.3, 0.4) is 0 Å². The third-order valence-electron chi connectivity index (χ3n) is 3.10. The zero-order valence-electron chi connectivity index (χ0n) is 10.5. The minimum Gasteiger partial charge on any atom is -0.481 e. The first-order valence-electron chi connectivity index (χ1n) is 6.22. The molecule has 0 aromatic carbocycles. The first-order valence-corrected chi connectivity index (χ1v) is 6.22. The van der Waals surface area contributed by atoms with Gasteiger partial charge in [-0.25, -0.2) is 0 Å². The van der Waals surface area contributed by atoms with E-state index in [0.717, 1.165) is 6.42 Å². The molecule has 0 spiro atoms. The lowest BCUT2D eigenvalue weighted by molar-refractivity contribution is -0.146. The Morgan fingerprint density at radius 1 is 1.28 bits per heavy atom. The van der Waals surface area contributed by atoms with Crippen molar-refractivity contribution in [2.75, 3.05) is 13.2 Å². The van der Waals surface area contributed by atoms with Crippen molar-refractivity contribution in [3.05, 3.63) is 0 Å². The maximum atomic E-state index is 11.8. The molecule has 18 heavy (non-hydrogen) atoms. The van der Waals surface area contributed by atoms with Gasteiger partial charge in [-0.3, -0.25) is 14.4 Å². The normalized spacial score (nSPS) is 22.5. The minimum atomic E-state index is -0.918. The lowest BCUT2D eigenvalue weighted by atomic mass is 9.95. The molecular formula is C12H19NO5. The number of hydrogen-bond acceptors (Lipinski definition) is 4. The van der Waals surface area contributed by atoms with Crippen molar-refractivity contribution in [3.63, 3.8) is 0 Å². The molecule has 1 rings (SSSR count). The predicted octanol–water partition coefficient (Wildman–Crippen LogP) is 0.557. The predicted molar refractivity (Wildman–Crippen MR) is 62.7 cm³/mol. The summed E-state index contributed by atoms with van der Waals surface area (Å²) in [6, 6.07) is 0. The van der Waals surface area contributed by atoms with Gasteiger partial charge in [0.15, 0.2) is 0 Å². The fourth-order valence-electron chi connectivity index (χ4n) is 2.22. The van der Waals surface area contributed by atoms with E-state index < -0.39 is 17.8 Å². The number of nitrogens with one attached hydrogen (secondary N) is 1. The van der Waals surface area contributed by atoms with E-state index in [0.29, 0.717) is 19.4 Å². The third-order valence-corrected chi connectivity index (χ3v) is 3.10. The van der Waals surface area contributed by atoms with E-state index in [-0.39, 0.29) is 24.8 Å². The van der Waals surface area contributed by atoms with Crippen molar-refractivity contribution in [3.8, 4) is 0 Å². The van der Waals surface area contributed by atoms with E-state index in [1.807, 2.05) is 0 Å². The molecule has 1 fully saturated rings. The quantitative estimate of drug-likeness (QED) is 0.678. The number of carbonyl (C=O) groups excluding carboxylic acids is 2. The molecule has 0 unspecified atom stereocenters. The summed E-state index contributed by atoms with van der Waals surface area (Å²) in [7, 11) is 0. The van der Waals surface area contributed by atoms with Crippen LogP contribution in [0.15, 0.2) is 0 Å². The van der Waals surface area contributed by atoms with E-state index in [9.17, 15) is 14.4 Å². The van der Waals surface area contributed by atoms with E-state index in [1.54, 1.807) is 6.92 Å². The summed E-state index contributed by atoms with van der Waals surface area (Å²) in [6.45, 7) is 2.23. The molecule has 1 aliphatic carbocycles. The average Bonchev–Trinajstić information content (AvgIpc) is 2.78. The molecule has 2 N–H and O–H groups in total. The van der Waals surface area contributed by atoms with Crippen molar-refractivity contribution in [2.24, 2.45) is 11.8 Å². The second-order valence-corrected chi connectivity index (χ2v) is 4.33. The van der Waals surface area contributed by atoms with Crippen LogP contribution in [-0.2, 0) is 19.1 Å². The summed E-state index contributed by atoms with van der Waals surface area (Å²) in [5.41, 5.74) is 0. The zero-order valence-corrected chi connectivity index (χ0v) is 10.5. The Balaban J connectivity index is 2.32. The average molecular weight is 257 g/mol. The number of esters is 1. The second kappa shape index (κ2) is 6.98. The smallest absolute Gasteiger partial charge is 0.307 e. The molecule has 1 saturated carbocycles. The van der Waals surface area contributed by atoms with Gasteiger partial charge in [-0.15, -0.1) is 0 Å². The van der Waals surface area contributed by atoms with Gasteiger partial charge in [0.1, 0.15) is 0 Å². The van der Waals surface area contributed by atoms with Gasteiger partial charge >= 0.3 is 11.9 Å². The monoisotopic (exact) mass is 257 g/mol. The fraction of sp³-hybridized carbons (Fsp3) is 0.750. The van der Waals surface area contributed by atoms with Crippen LogP contribution in [0.4, 0.5) is 0 Å². The molecule has 0 aromatic rings. The second-order valence-electron chi connectivity index (χ2n) is 4.33. The van der Waals surface area contributed by atoms with Gasteiger partial charge in [-0.05, 0) is 19.8 Å². The van der Waals surface area contributed by atoms with Crippen molar-refractivity contribution in [1.82, 2.24) is 5.32 Å². The molecular weight excluding hydrogens is 238 g/mol. The molecule has 0 aliphatic heterocycles. The SMILES string of the molecule is CCOC(=O)CCNC(=O)[C@@H]1CCC[C@@H]1C(=O)O. The van der Waals surface area contributed by atoms with E-state index in [1.165, 1.54) is 0 Å². The van der Waals surface area contributed by atoms with E-state index in [2.05, 4.69) is 5.32 Å². The fourth-order valence-corrected chi connectivity index (χ4v) is 2.22. The molecule has 0 bridgehead atoms. The number of carboxylic acids is 1. The molecule has 0 heterocycles. The van der Waals surface area contributed by atoms with Crippen LogP contribution in [0.25, 0.3) is 0 Å². The molecule has 0 saturated heterocycles. The van der Waals surface area contributed by atoms with Gasteiger partial charge in [-0.2, -0.15) is 0 Å². The van der Waals surface area contributed by atoms with Gasteiger partial charge in [0.25, 0.3) is 0 Å². The molecule has 0 aromatic heterocycles. The Kier molecular flexibility index (Phi) is 5.61. The standard InChI is InChI=1S/C12H19NO5/c1-2-18-10(14)6-7-13-11(15)8-4-3-5-9(8)12(16)17/h8-9H,2-7H2,1H3,(H,13,15)(H,16,17)/t8-,9+/m1/s1. The van der Waals surface area contributed by atoms with E-state index >= 15 is 0 Å². The Bertz CT molecular complexity index is 328. The number of carboxylic acid groups (broad SMARTS) is 1. The topological polar surface area (TPSA) is 92.7 Å². The molecule has 102 valence electrons. The first kappa shape index (κ1) is 14.5. The highest BCUT2D eigenvalue weighted by atomic mass is 16.5. The maximum Gasteiger partial charge on any atom is 0.307 e. The summed E-state index contributed by atoms with van der Waals surface area (Å²) < 4.78 is 4.72. The zero-order chi connectivity index (χ0) is 13.5. The lowest BCUT2D eigenvalue weighted by Gasteiger charge is -2.15. The number of amides is 1. The highest BCUT2D eigenvalue weighted by molar-refractivity contribution is 5.85. The molecule has 2 atom stereocenters. The summed E-state index contributed by atoms with van der Waals surface area (Å²) in [5.74, 6) is -2.61. The highest BCUT2D eigenvalue weighted by Crippen LogP contribution is 2.31. The van der Waals surface area contributed by atoms with Gasteiger partial charge in [0, 0.05) is 6.54 Å². The van der Waals surface area contributed by atoms with Gasteiger partial charge in [0.05, 0.1) is 24.9 Å². The van der Waals surface area contributed by atoms with Crippen LogP contribution >= 0.6 is 0 Å². The van der Waals surface area contributed by atoms with Gasteiger partial charge in [-0.1, -0.05) is 6.42 Å². The molecule has 6 heteroatoms. The van der Waals surface area contributed by atoms with Crippen molar-refractivity contribution in [1.29, 1.82) is 0 Å². The largest absolute Gasteiger partial charge is 0.481 e. The molecule has 1 amide bonds. The van der Waals surface area contributed by atoms with Crippen molar-refractivity contribution >= 4 is 17.8 Å². The van der Waals surface area contributed by atoms with Crippen LogP contribution in [0, 0.1) is 11.8 Å². The van der Waals surface area contributed by atoms with Crippen LogP contribution in [0.2, 0.25) is 0 Å². The number of carbonyl (C=O) groups is 3. The summed E-state index contributed by atoms with van der Waals surface area (Å²) in [6.07, 6.45) is 2.02. The highest BCUT2D eigenvalue weighted by Gasteiger charge is 2.37. The Morgan fingerprint density at radius 2 is 1.94 bits per heavy atom. The van der Waals surface area contributed by atoms with Crippen molar-refractivity contribution in [2.45, 2.75) is 32.6 Å². The maximum absolute atomic E-state index is 11.8. The number of ether oxygens (including phenoxy) is 1. The number of aliphatic carboxylic acids is 1. The van der Waals surface area contributed by atoms with E-state index in [4.69, 9.17) is 9.84 Å². The van der Waals surface area contributed by atoms with Crippen LogP contribution in [0.5, 0.6) is 0 Å². The summed E-state index contributed by atoms with van der Waals surface area (Å²) >= 11 is 0. The van der Waals surface area contributed by atoms with Crippen LogP contribution in [-0.4, -0.2) is 36.1 Å². The number of hydrogen-bond donors (Lipinski definition) is 2. The Morgan fingerprint density at radius 3 is 2.56 bits per heavy atom. The lowest BCUT2D eigenvalue weighted by Crippen LogP contribution is -2.36. The molecule has 6 nitrogen and oxygen atoms in total. The van der Waals surface area contributed by atoms with Gasteiger partial charge in [0.2, 0.25) is 5.91 Å². The Labute approximate surface area is 106 Å². The minimum absolute atomic E-state index is 0.115. The van der Waals surface area contributed by atoms with Crippen molar-refractivity contribution < 1.29 is 24.2 Å². The summed E-state index contributed by atoms with van der Waals surface area (Å²) in [5, 5.41) is 11.6.